The van der Waals surface area contributed by atoms with Crippen molar-refractivity contribution < 1.29 is 14.6 Å². The van der Waals surface area contributed by atoms with Gasteiger partial charge in [0, 0.05) is 17.8 Å². The summed E-state index contributed by atoms with van der Waals surface area (Å²) in [5, 5.41) is 12.3. The number of aromatic nitrogens is 2. The van der Waals surface area contributed by atoms with E-state index >= 15 is 0 Å². The standard InChI is InChI=1S/C25H34ClN3O3/c1-4-7-13-21(15-16-24(30)31)32-25-28-22(23(29-25)17-18-26)14-11-9-10-12-20(6-3)27-19-8-5-2/h6-7,10-15,17-18,27H,4-5,8-9,16,19H2,1-3H3,(H,28,29)(H,30,31)/b12-10-,13-7-,14-11+,18-17+,20-6+,21-15+. The van der Waals surface area contributed by atoms with Gasteiger partial charge in [0.1, 0.15) is 5.76 Å². The summed E-state index contributed by atoms with van der Waals surface area (Å²) in [5.41, 5.74) is 3.86. The zero-order valence-corrected chi connectivity index (χ0v) is 19.9. The Kier molecular flexibility index (Phi) is 14.1. The van der Waals surface area contributed by atoms with Crippen molar-refractivity contribution >= 4 is 29.7 Å². The molecule has 0 aromatic carbocycles. The maximum absolute atomic E-state index is 10.9. The highest BCUT2D eigenvalue weighted by molar-refractivity contribution is 6.27. The molecule has 0 aliphatic carbocycles. The van der Waals surface area contributed by atoms with E-state index in [0.717, 1.165) is 43.6 Å². The molecule has 0 radical (unpaired) electrons. The van der Waals surface area contributed by atoms with Crippen molar-refractivity contribution in [3.8, 4) is 6.01 Å². The van der Waals surface area contributed by atoms with Crippen LogP contribution in [0.3, 0.4) is 0 Å². The summed E-state index contributed by atoms with van der Waals surface area (Å²) in [4.78, 5) is 18.4. The molecule has 0 saturated heterocycles. The molecule has 32 heavy (non-hydrogen) atoms. The van der Waals surface area contributed by atoms with E-state index in [1.54, 1.807) is 12.2 Å². The van der Waals surface area contributed by atoms with Crippen LogP contribution in [0.25, 0.3) is 12.2 Å². The van der Waals surface area contributed by atoms with E-state index in [9.17, 15) is 4.79 Å². The molecule has 0 spiro atoms. The minimum Gasteiger partial charge on any atom is -0.481 e. The third kappa shape index (κ3) is 11.4. The van der Waals surface area contributed by atoms with Gasteiger partial charge in [-0.3, -0.25) is 4.79 Å². The Labute approximate surface area is 196 Å². The van der Waals surface area contributed by atoms with Gasteiger partial charge >= 0.3 is 5.97 Å². The van der Waals surface area contributed by atoms with Crippen LogP contribution in [0.2, 0.25) is 0 Å². The average molecular weight is 460 g/mol. The number of H-pyrrole nitrogens is 1. The van der Waals surface area contributed by atoms with Gasteiger partial charge in [0.05, 0.1) is 17.8 Å². The van der Waals surface area contributed by atoms with Crippen molar-refractivity contribution in [3.63, 3.8) is 0 Å². The number of carboxylic acids is 1. The fourth-order valence-corrected chi connectivity index (χ4v) is 2.66. The molecule has 0 amide bonds. The molecular weight excluding hydrogens is 426 g/mol. The summed E-state index contributed by atoms with van der Waals surface area (Å²) >= 11 is 5.75. The van der Waals surface area contributed by atoms with Crippen LogP contribution >= 0.6 is 11.6 Å². The quantitative estimate of drug-likeness (QED) is 0.157. The molecule has 0 fully saturated rings. The normalized spacial score (nSPS) is 13.2. The minimum absolute atomic E-state index is 0.140. The van der Waals surface area contributed by atoms with Crippen LogP contribution < -0.4 is 10.1 Å². The third-order valence-corrected chi connectivity index (χ3v) is 4.32. The van der Waals surface area contributed by atoms with Crippen molar-refractivity contribution in [2.75, 3.05) is 6.54 Å². The maximum Gasteiger partial charge on any atom is 0.307 e. The lowest BCUT2D eigenvalue weighted by Crippen LogP contribution is -2.12. The van der Waals surface area contributed by atoms with Gasteiger partial charge in [0.25, 0.3) is 6.01 Å². The van der Waals surface area contributed by atoms with E-state index in [2.05, 4.69) is 40.4 Å². The van der Waals surface area contributed by atoms with E-state index in [-0.39, 0.29) is 12.4 Å². The number of allylic oxidation sites excluding steroid dienone is 6. The molecule has 1 aromatic heterocycles. The van der Waals surface area contributed by atoms with Gasteiger partial charge in [0.15, 0.2) is 0 Å². The lowest BCUT2D eigenvalue weighted by Gasteiger charge is -2.04. The summed E-state index contributed by atoms with van der Waals surface area (Å²) < 4.78 is 5.76. The van der Waals surface area contributed by atoms with Crippen LogP contribution in [-0.2, 0) is 4.79 Å². The monoisotopic (exact) mass is 459 g/mol. The first-order chi connectivity index (χ1) is 15.5. The summed E-state index contributed by atoms with van der Waals surface area (Å²) in [7, 11) is 0. The fourth-order valence-electron chi connectivity index (χ4n) is 2.54. The molecule has 174 valence electrons. The van der Waals surface area contributed by atoms with Crippen molar-refractivity contribution in [2.24, 2.45) is 0 Å². The molecule has 0 unspecified atom stereocenters. The second-order valence-corrected chi connectivity index (χ2v) is 7.07. The second-order valence-electron chi connectivity index (χ2n) is 6.82. The highest BCUT2D eigenvalue weighted by Gasteiger charge is 2.08. The number of aliphatic carboxylic acids is 1. The molecule has 0 atom stereocenters. The lowest BCUT2D eigenvalue weighted by molar-refractivity contribution is -0.136. The number of nitrogens with zero attached hydrogens (tertiary/aromatic N) is 1. The van der Waals surface area contributed by atoms with Crippen molar-refractivity contribution in [3.05, 3.63) is 70.9 Å². The Bertz CT molecular complexity index is 877. The predicted molar refractivity (Wildman–Crippen MR) is 133 cm³/mol. The maximum atomic E-state index is 10.9. The number of nitrogens with one attached hydrogen (secondary N) is 2. The van der Waals surface area contributed by atoms with Gasteiger partial charge < -0.3 is 20.1 Å². The summed E-state index contributed by atoms with van der Waals surface area (Å²) in [6, 6.07) is 0.263. The van der Waals surface area contributed by atoms with Crippen LogP contribution in [-0.4, -0.2) is 27.6 Å². The number of hydrogen-bond acceptors (Lipinski definition) is 4. The Morgan fingerprint density at radius 3 is 2.69 bits per heavy atom. The zero-order chi connectivity index (χ0) is 23.6. The number of ether oxygens (including phenoxy) is 1. The molecule has 1 aromatic rings. The van der Waals surface area contributed by atoms with Crippen molar-refractivity contribution in [1.29, 1.82) is 0 Å². The predicted octanol–water partition coefficient (Wildman–Crippen LogP) is 6.58. The van der Waals surface area contributed by atoms with E-state index in [0.29, 0.717) is 11.5 Å². The number of rotatable bonds is 15. The molecule has 3 N–H and O–H groups in total. The highest BCUT2D eigenvalue weighted by Crippen LogP contribution is 2.18. The fraction of sp³-hybridized carbons (Fsp3) is 0.360. The number of imidazole rings is 1. The minimum atomic E-state index is -0.931. The number of unbranched alkanes of at least 4 members (excludes halogenated alkanes) is 1. The lowest BCUT2D eigenvalue weighted by atomic mass is 10.2. The number of aromatic amines is 1. The van der Waals surface area contributed by atoms with E-state index < -0.39 is 5.97 Å². The first-order valence-corrected chi connectivity index (χ1v) is 11.3. The highest BCUT2D eigenvalue weighted by atomic mass is 35.5. The molecular formula is C25H34ClN3O3. The average Bonchev–Trinajstić information content (AvgIpc) is 3.15. The van der Waals surface area contributed by atoms with E-state index in [1.807, 2.05) is 32.1 Å². The summed E-state index contributed by atoms with van der Waals surface area (Å²) in [6.45, 7) is 7.14. The largest absolute Gasteiger partial charge is 0.481 e. The Morgan fingerprint density at radius 2 is 2.03 bits per heavy atom. The number of halogens is 1. The molecule has 7 heteroatoms. The van der Waals surface area contributed by atoms with Gasteiger partial charge in [-0.25, -0.2) is 0 Å². The molecule has 0 saturated carbocycles. The smallest absolute Gasteiger partial charge is 0.307 e. The SMILES string of the molecule is C/C=C(\C=C/C/C=C/c1[nH]c(OC(/C=C\CC)=C/CC(=O)O)nc1/C=C/Cl)NCCCC. The summed E-state index contributed by atoms with van der Waals surface area (Å²) in [5.74, 6) is -0.517. The number of carbonyl (C=O) groups is 1. The Hall–Kier alpha value is -2.99. The number of hydrogen-bond donors (Lipinski definition) is 3. The Morgan fingerprint density at radius 1 is 1.22 bits per heavy atom. The van der Waals surface area contributed by atoms with E-state index in [1.165, 1.54) is 11.6 Å². The second kappa shape index (κ2) is 16.7. The topological polar surface area (TPSA) is 87.2 Å². The van der Waals surface area contributed by atoms with Crippen molar-refractivity contribution in [1.82, 2.24) is 15.3 Å². The summed E-state index contributed by atoms with van der Waals surface area (Å²) in [6.07, 6.45) is 20.6. The molecule has 0 aliphatic rings. The van der Waals surface area contributed by atoms with Gasteiger partial charge in [-0.2, -0.15) is 4.98 Å². The molecule has 0 aliphatic heterocycles. The van der Waals surface area contributed by atoms with Crippen LogP contribution in [0.4, 0.5) is 0 Å². The first-order valence-electron chi connectivity index (χ1n) is 10.9. The van der Waals surface area contributed by atoms with E-state index in [4.69, 9.17) is 21.4 Å². The number of carboxylic acid groups (broad SMARTS) is 1. The molecule has 1 heterocycles. The Balaban J connectivity index is 2.86. The van der Waals surface area contributed by atoms with Gasteiger partial charge in [-0.15, -0.1) is 0 Å². The molecule has 1 rings (SSSR count). The van der Waals surface area contributed by atoms with Gasteiger partial charge in [0.2, 0.25) is 0 Å². The zero-order valence-electron chi connectivity index (χ0n) is 19.1. The van der Waals surface area contributed by atoms with Gasteiger partial charge in [-0.1, -0.05) is 56.2 Å². The van der Waals surface area contributed by atoms with Crippen LogP contribution in [0.1, 0.15) is 64.3 Å². The molecule has 0 bridgehead atoms. The third-order valence-electron chi connectivity index (χ3n) is 4.20. The van der Waals surface area contributed by atoms with Crippen LogP contribution in [0.5, 0.6) is 6.01 Å². The first kappa shape index (κ1) is 27.0. The van der Waals surface area contributed by atoms with Crippen LogP contribution in [0, 0.1) is 0 Å². The van der Waals surface area contributed by atoms with Crippen LogP contribution in [0.15, 0.2) is 59.5 Å². The molecule has 6 nitrogen and oxygen atoms in total. The van der Waals surface area contributed by atoms with Crippen molar-refractivity contribution in [2.45, 2.75) is 52.9 Å². The van der Waals surface area contributed by atoms with Gasteiger partial charge in [-0.05, 0) is 56.6 Å².